The Hall–Kier alpha value is -2.17. The molecular weight excluding hydrogens is 244 g/mol. The van der Waals surface area contributed by atoms with Gasteiger partial charge in [-0.1, -0.05) is 0 Å². The predicted molar refractivity (Wildman–Crippen MR) is 71.4 cm³/mol. The maximum atomic E-state index is 11.6. The maximum Gasteiger partial charge on any atom is 0.409 e. The van der Waals surface area contributed by atoms with Gasteiger partial charge in [0.05, 0.1) is 20.8 Å². The van der Waals surface area contributed by atoms with E-state index in [4.69, 9.17) is 9.47 Å². The van der Waals surface area contributed by atoms with Crippen LogP contribution in [0.25, 0.3) is 10.9 Å². The number of fused-ring (bicyclic) bond motifs is 3. The second kappa shape index (κ2) is 4.50. The fourth-order valence-electron chi connectivity index (χ4n) is 2.63. The average Bonchev–Trinajstić information content (AvgIpc) is 2.82. The second-order valence-corrected chi connectivity index (χ2v) is 4.64. The number of rotatable bonds is 1. The maximum absolute atomic E-state index is 11.6. The first-order valence-corrected chi connectivity index (χ1v) is 6.23. The van der Waals surface area contributed by atoms with Crippen molar-refractivity contribution in [2.75, 3.05) is 20.8 Å². The number of aromatic nitrogens is 1. The average molecular weight is 260 g/mol. The minimum atomic E-state index is -0.276. The molecule has 0 fully saturated rings. The Kier molecular flexibility index (Phi) is 2.81. The quantitative estimate of drug-likeness (QED) is 0.856. The highest BCUT2D eigenvalue weighted by Gasteiger charge is 2.24. The van der Waals surface area contributed by atoms with Crippen molar-refractivity contribution in [2.45, 2.75) is 13.0 Å². The van der Waals surface area contributed by atoms with Crippen molar-refractivity contribution < 1.29 is 14.3 Å². The lowest BCUT2D eigenvalue weighted by Gasteiger charge is -2.25. The Morgan fingerprint density at radius 2 is 2.21 bits per heavy atom. The molecule has 3 rings (SSSR count). The van der Waals surface area contributed by atoms with Crippen LogP contribution in [0, 0.1) is 0 Å². The molecule has 2 aromatic rings. The van der Waals surface area contributed by atoms with Crippen LogP contribution in [0.2, 0.25) is 0 Å². The summed E-state index contributed by atoms with van der Waals surface area (Å²) in [7, 11) is 3.08. The molecule has 100 valence electrons. The van der Waals surface area contributed by atoms with Gasteiger partial charge in [0.2, 0.25) is 0 Å². The summed E-state index contributed by atoms with van der Waals surface area (Å²) in [5.41, 5.74) is 3.44. The van der Waals surface area contributed by atoms with Gasteiger partial charge in [-0.05, 0) is 30.2 Å². The van der Waals surface area contributed by atoms with Crippen LogP contribution in [0.3, 0.4) is 0 Å². The first-order valence-electron chi connectivity index (χ1n) is 6.23. The largest absolute Gasteiger partial charge is 0.497 e. The Balaban J connectivity index is 2.00. The third-order valence-corrected chi connectivity index (χ3v) is 3.62. The number of H-pyrrole nitrogens is 1. The summed E-state index contributed by atoms with van der Waals surface area (Å²) in [5.74, 6) is 0.852. The number of nitrogens with one attached hydrogen (secondary N) is 1. The Morgan fingerprint density at radius 1 is 1.37 bits per heavy atom. The van der Waals surface area contributed by atoms with Gasteiger partial charge in [0, 0.05) is 23.1 Å². The molecular formula is C14H16N2O3. The smallest absolute Gasteiger partial charge is 0.409 e. The van der Waals surface area contributed by atoms with E-state index in [1.54, 1.807) is 12.0 Å². The van der Waals surface area contributed by atoms with Crippen LogP contribution >= 0.6 is 0 Å². The van der Waals surface area contributed by atoms with Gasteiger partial charge in [-0.3, -0.25) is 0 Å². The van der Waals surface area contributed by atoms with Gasteiger partial charge < -0.3 is 19.4 Å². The zero-order valence-corrected chi connectivity index (χ0v) is 11.0. The van der Waals surface area contributed by atoms with Crippen LogP contribution in [0.4, 0.5) is 4.79 Å². The number of carbonyl (C=O) groups excluding carboxylic acids is 1. The highest BCUT2D eigenvalue weighted by molar-refractivity contribution is 5.86. The lowest BCUT2D eigenvalue weighted by Crippen LogP contribution is -2.35. The minimum absolute atomic E-state index is 0.276. The molecule has 19 heavy (non-hydrogen) atoms. The van der Waals surface area contributed by atoms with Crippen molar-refractivity contribution in [3.8, 4) is 5.75 Å². The molecule has 0 saturated heterocycles. The van der Waals surface area contributed by atoms with E-state index < -0.39 is 0 Å². The molecule has 1 aromatic carbocycles. The molecule has 0 bridgehead atoms. The third-order valence-electron chi connectivity index (χ3n) is 3.62. The van der Waals surface area contributed by atoms with Crippen molar-refractivity contribution >= 4 is 17.0 Å². The van der Waals surface area contributed by atoms with E-state index in [1.165, 1.54) is 18.1 Å². The van der Waals surface area contributed by atoms with Crippen molar-refractivity contribution in [3.63, 3.8) is 0 Å². The second-order valence-electron chi connectivity index (χ2n) is 4.64. The highest BCUT2D eigenvalue weighted by Crippen LogP contribution is 2.30. The van der Waals surface area contributed by atoms with Crippen molar-refractivity contribution in [1.29, 1.82) is 0 Å². The van der Waals surface area contributed by atoms with Crippen LogP contribution in [0.5, 0.6) is 5.75 Å². The number of ether oxygens (including phenoxy) is 2. The lowest BCUT2D eigenvalue weighted by molar-refractivity contribution is 0.118. The van der Waals surface area contributed by atoms with Crippen LogP contribution in [-0.4, -0.2) is 36.7 Å². The summed E-state index contributed by atoms with van der Waals surface area (Å²) in [6, 6.07) is 5.98. The minimum Gasteiger partial charge on any atom is -0.497 e. The molecule has 1 aromatic heterocycles. The molecule has 0 atom stereocenters. The Morgan fingerprint density at radius 3 is 2.95 bits per heavy atom. The van der Waals surface area contributed by atoms with Crippen LogP contribution in [-0.2, 0) is 17.7 Å². The van der Waals surface area contributed by atoms with E-state index in [-0.39, 0.29) is 6.09 Å². The van der Waals surface area contributed by atoms with Gasteiger partial charge in [0.25, 0.3) is 0 Å². The summed E-state index contributed by atoms with van der Waals surface area (Å²) in [6.07, 6.45) is 0.555. The number of carbonyl (C=O) groups is 1. The fourth-order valence-corrected chi connectivity index (χ4v) is 2.63. The molecule has 0 aliphatic carbocycles. The zero-order chi connectivity index (χ0) is 13.4. The molecule has 2 heterocycles. The topological polar surface area (TPSA) is 54.6 Å². The number of benzene rings is 1. The standard InChI is InChI=1S/C14H16N2O3/c1-18-9-3-4-12-11(7-9)10-5-6-16(14(17)19-2)8-13(10)15-12/h3-4,7,15H,5-6,8H2,1-2H3. The van der Waals surface area contributed by atoms with Gasteiger partial charge in [-0.25, -0.2) is 4.79 Å². The van der Waals surface area contributed by atoms with Gasteiger partial charge in [-0.15, -0.1) is 0 Å². The Labute approximate surface area is 111 Å². The van der Waals surface area contributed by atoms with E-state index >= 15 is 0 Å². The van der Waals surface area contributed by atoms with Crippen molar-refractivity contribution in [1.82, 2.24) is 9.88 Å². The molecule has 5 nitrogen and oxygen atoms in total. The molecule has 1 amide bonds. The van der Waals surface area contributed by atoms with Crippen LogP contribution in [0.15, 0.2) is 18.2 Å². The first-order chi connectivity index (χ1) is 9.22. The van der Waals surface area contributed by atoms with Crippen molar-refractivity contribution in [2.24, 2.45) is 0 Å². The zero-order valence-electron chi connectivity index (χ0n) is 11.0. The number of methoxy groups -OCH3 is 2. The van der Waals surface area contributed by atoms with Gasteiger partial charge >= 0.3 is 6.09 Å². The summed E-state index contributed by atoms with van der Waals surface area (Å²) in [5, 5.41) is 1.18. The summed E-state index contributed by atoms with van der Waals surface area (Å²) >= 11 is 0. The Bertz CT molecular complexity index is 633. The first kappa shape index (κ1) is 11.9. The van der Waals surface area contributed by atoms with Gasteiger partial charge in [-0.2, -0.15) is 0 Å². The SMILES string of the molecule is COC(=O)N1CCc2c([nH]c3ccc(OC)cc23)C1. The van der Waals surface area contributed by atoms with Crippen molar-refractivity contribution in [3.05, 3.63) is 29.5 Å². The number of aromatic amines is 1. The number of nitrogens with zero attached hydrogens (tertiary/aromatic N) is 1. The number of hydrogen-bond donors (Lipinski definition) is 1. The monoisotopic (exact) mass is 260 g/mol. The fraction of sp³-hybridized carbons (Fsp3) is 0.357. The normalized spacial score (nSPS) is 14.3. The number of amides is 1. The van der Waals surface area contributed by atoms with E-state index in [1.807, 2.05) is 18.2 Å². The lowest BCUT2D eigenvalue weighted by atomic mass is 10.0. The molecule has 0 unspecified atom stereocenters. The van der Waals surface area contributed by atoms with Gasteiger partial charge in [0.15, 0.2) is 0 Å². The van der Waals surface area contributed by atoms with Crippen LogP contribution < -0.4 is 4.74 Å². The highest BCUT2D eigenvalue weighted by atomic mass is 16.5. The molecule has 5 heteroatoms. The molecule has 1 aliphatic rings. The molecule has 0 saturated carbocycles. The van der Waals surface area contributed by atoms with E-state index in [2.05, 4.69) is 4.98 Å². The molecule has 0 radical (unpaired) electrons. The van der Waals surface area contributed by atoms with E-state index in [0.29, 0.717) is 13.1 Å². The summed E-state index contributed by atoms with van der Waals surface area (Å²) < 4.78 is 10.0. The predicted octanol–water partition coefficient (Wildman–Crippen LogP) is 2.30. The third kappa shape index (κ3) is 1.91. The molecule has 1 N–H and O–H groups in total. The van der Waals surface area contributed by atoms with Crippen LogP contribution in [0.1, 0.15) is 11.3 Å². The number of hydrogen-bond acceptors (Lipinski definition) is 3. The summed E-state index contributed by atoms with van der Waals surface area (Å²) in [6.45, 7) is 1.25. The van der Waals surface area contributed by atoms with Gasteiger partial charge in [0.1, 0.15) is 5.75 Å². The van der Waals surface area contributed by atoms with E-state index in [0.717, 1.165) is 23.4 Å². The molecule has 1 aliphatic heterocycles. The summed E-state index contributed by atoms with van der Waals surface area (Å²) in [4.78, 5) is 16.6. The van der Waals surface area contributed by atoms with E-state index in [9.17, 15) is 4.79 Å². The molecule has 0 spiro atoms.